The SMILES string of the molecule is Cc1ccc(-c2cc(C(=O)Nc3ccccc3Cl)no2)cc1C. The Bertz CT molecular complexity index is 871. The predicted octanol–water partition coefficient (Wildman–Crippen LogP) is 4.86. The van der Waals surface area contributed by atoms with Crippen molar-refractivity contribution in [3.05, 3.63) is 70.4 Å². The summed E-state index contributed by atoms with van der Waals surface area (Å²) < 4.78 is 5.29. The third kappa shape index (κ3) is 3.27. The minimum absolute atomic E-state index is 0.207. The van der Waals surface area contributed by atoms with Crippen LogP contribution in [0.2, 0.25) is 5.02 Å². The van der Waals surface area contributed by atoms with Gasteiger partial charge >= 0.3 is 0 Å². The number of rotatable bonds is 3. The average molecular weight is 327 g/mol. The highest BCUT2D eigenvalue weighted by Gasteiger charge is 2.15. The van der Waals surface area contributed by atoms with Gasteiger partial charge in [0, 0.05) is 11.6 Å². The molecule has 0 fully saturated rings. The van der Waals surface area contributed by atoms with Gasteiger partial charge < -0.3 is 9.84 Å². The molecule has 0 aliphatic heterocycles. The Kier molecular flexibility index (Phi) is 4.17. The van der Waals surface area contributed by atoms with E-state index in [2.05, 4.69) is 10.5 Å². The molecule has 23 heavy (non-hydrogen) atoms. The van der Waals surface area contributed by atoms with Crippen molar-refractivity contribution in [3.63, 3.8) is 0 Å². The quantitative estimate of drug-likeness (QED) is 0.747. The van der Waals surface area contributed by atoms with E-state index in [9.17, 15) is 4.79 Å². The molecule has 1 N–H and O–H groups in total. The molecule has 0 radical (unpaired) electrons. The largest absolute Gasteiger partial charge is 0.355 e. The van der Waals surface area contributed by atoms with Gasteiger partial charge in [-0.15, -0.1) is 0 Å². The van der Waals surface area contributed by atoms with E-state index in [-0.39, 0.29) is 11.6 Å². The Morgan fingerprint density at radius 2 is 1.87 bits per heavy atom. The van der Waals surface area contributed by atoms with E-state index in [0.29, 0.717) is 16.5 Å². The Morgan fingerprint density at radius 1 is 1.09 bits per heavy atom. The van der Waals surface area contributed by atoms with Gasteiger partial charge in [0.15, 0.2) is 11.5 Å². The van der Waals surface area contributed by atoms with Crippen LogP contribution in [0.3, 0.4) is 0 Å². The van der Waals surface area contributed by atoms with Crippen LogP contribution in [0, 0.1) is 13.8 Å². The number of hydrogen-bond acceptors (Lipinski definition) is 3. The monoisotopic (exact) mass is 326 g/mol. The molecule has 0 unspecified atom stereocenters. The van der Waals surface area contributed by atoms with Crippen LogP contribution in [0.15, 0.2) is 53.1 Å². The lowest BCUT2D eigenvalue weighted by Crippen LogP contribution is -2.12. The lowest BCUT2D eigenvalue weighted by molar-refractivity contribution is 0.101. The molecule has 3 aromatic rings. The van der Waals surface area contributed by atoms with E-state index >= 15 is 0 Å². The van der Waals surface area contributed by atoms with Crippen molar-refractivity contribution < 1.29 is 9.32 Å². The summed E-state index contributed by atoms with van der Waals surface area (Å²) >= 11 is 6.03. The van der Waals surface area contributed by atoms with Crippen molar-refractivity contribution in [1.29, 1.82) is 0 Å². The van der Waals surface area contributed by atoms with Crippen LogP contribution in [0.4, 0.5) is 5.69 Å². The predicted molar refractivity (Wildman–Crippen MR) is 90.8 cm³/mol. The number of anilines is 1. The highest BCUT2D eigenvalue weighted by Crippen LogP contribution is 2.24. The number of aryl methyl sites for hydroxylation is 2. The number of nitrogens with zero attached hydrogens (tertiary/aromatic N) is 1. The fraction of sp³-hybridized carbons (Fsp3) is 0.111. The first-order valence-electron chi connectivity index (χ1n) is 7.15. The van der Waals surface area contributed by atoms with Gasteiger partial charge in [-0.2, -0.15) is 0 Å². The van der Waals surface area contributed by atoms with Crippen molar-refractivity contribution in [2.24, 2.45) is 0 Å². The van der Waals surface area contributed by atoms with Crippen LogP contribution in [0.5, 0.6) is 0 Å². The van der Waals surface area contributed by atoms with Crippen molar-refractivity contribution in [2.45, 2.75) is 13.8 Å². The van der Waals surface area contributed by atoms with Crippen LogP contribution in [-0.4, -0.2) is 11.1 Å². The maximum Gasteiger partial charge on any atom is 0.277 e. The number of para-hydroxylation sites is 1. The van der Waals surface area contributed by atoms with Crippen LogP contribution in [0.1, 0.15) is 21.6 Å². The van der Waals surface area contributed by atoms with Crippen LogP contribution in [0.25, 0.3) is 11.3 Å². The molecule has 0 bridgehead atoms. The minimum Gasteiger partial charge on any atom is -0.355 e. The standard InChI is InChI=1S/C18H15ClN2O2/c1-11-7-8-13(9-12(11)2)17-10-16(21-23-17)18(22)20-15-6-4-3-5-14(15)19/h3-10H,1-2H3,(H,20,22). The number of nitrogens with one attached hydrogen (secondary N) is 1. The van der Waals surface area contributed by atoms with Crippen molar-refractivity contribution >= 4 is 23.2 Å². The van der Waals surface area contributed by atoms with Crippen molar-refractivity contribution in [1.82, 2.24) is 5.16 Å². The molecule has 3 rings (SSSR count). The van der Waals surface area contributed by atoms with E-state index in [1.165, 1.54) is 5.56 Å². The van der Waals surface area contributed by atoms with Gasteiger partial charge in [-0.05, 0) is 43.2 Å². The summed E-state index contributed by atoms with van der Waals surface area (Å²) in [6.07, 6.45) is 0. The maximum atomic E-state index is 12.2. The number of halogens is 1. The molecule has 1 aromatic heterocycles. The summed E-state index contributed by atoms with van der Waals surface area (Å²) in [4.78, 5) is 12.2. The zero-order chi connectivity index (χ0) is 16.4. The maximum absolute atomic E-state index is 12.2. The molecule has 1 amide bonds. The highest BCUT2D eigenvalue weighted by atomic mass is 35.5. The molecule has 0 atom stereocenters. The molecule has 116 valence electrons. The van der Waals surface area contributed by atoms with E-state index in [1.54, 1.807) is 30.3 Å². The van der Waals surface area contributed by atoms with E-state index in [1.807, 2.05) is 32.0 Å². The summed E-state index contributed by atoms with van der Waals surface area (Å²) in [5.41, 5.74) is 3.98. The average Bonchev–Trinajstić information content (AvgIpc) is 3.02. The summed E-state index contributed by atoms with van der Waals surface area (Å²) in [6, 6.07) is 14.6. The molecule has 0 aliphatic rings. The number of carbonyl (C=O) groups excluding carboxylic acids is 1. The molecule has 0 spiro atoms. The zero-order valence-electron chi connectivity index (χ0n) is 12.8. The van der Waals surface area contributed by atoms with Crippen LogP contribution < -0.4 is 5.32 Å². The van der Waals surface area contributed by atoms with Crippen LogP contribution in [-0.2, 0) is 0 Å². The number of hydrogen-bond donors (Lipinski definition) is 1. The van der Waals surface area contributed by atoms with Gasteiger partial charge in [0.2, 0.25) is 0 Å². The lowest BCUT2D eigenvalue weighted by atomic mass is 10.0. The third-order valence-electron chi connectivity index (χ3n) is 3.66. The lowest BCUT2D eigenvalue weighted by Gasteiger charge is -2.04. The summed E-state index contributed by atoms with van der Waals surface area (Å²) in [5, 5.41) is 7.03. The first-order chi connectivity index (χ1) is 11.0. The van der Waals surface area contributed by atoms with E-state index < -0.39 is 0 Å². The topological polar surface area (TPSA) is 55.1 Å². The molecule has 2 aromatic carbocycles. The number of benzene rings is 2. The van der Waals surface area contributed by atoms with Gasteiger partial charge in [-0.3, -0.25) is 4.79 Å². The van der Waals surface area contributed by atoms with Crippen molar-refractivity contribution in [3.8, 4) is 11.3 Å². The molecule has 0 aliphatic carbocycles. The van der Waals surface area contributed by atoms with Gasteiger partial charge in [0.05, 0.1) is 10.7 Å². The number of carbonyl (C=O) groups is 1. The van der Waals surface area contributed by atoms with Gasteiger partial charge in [0.25, 0.3) is 5.91 Å². The van der Waals surface area contributed by atoms with Gasteiger partial charge in [-0.1, -0.05) is 41.0 Å². The summed E-state index contributed by atoms with van der Waals surface area (Å²) in [7, 11) is 0. The van der Waals surface area contributed by atoms with Gasteiger partial charge in [-0.25, -0.2) is 0 Å². The molecular formula is C18H15ClN2O2. The van der Waals surface area contributed by atoms with E-state index in [0.717, 1.165) is 11.1 Å². The second-order valence-electron chi connectivity index (χ2n) is 5.31. The molecule has 1 heterocycles. The highest BCUT2D eigenvalue weighted by molar-refractivity contribution is 6.33. The van der Waals surface area contributed by atoms with Gasteiger partial charge in [0.1, 0.15) is 0 Å². The Balaban J connectivity index is 1.82. The Morgan fingerprint density at radius 3 is 2.61 bits per heavy atom. The fourth-order valence-corrected chi connectivity index (χ4v) is 2.34. The molecule has 4 nitrogen and oxygen atoms in total. The number of amides is 1. The zero-order valence-corrected chi connectivity index (χ0v) is 13.5. The van der Waals surface area contributed by atoms with E-state index in [4.69, 9.17) is 16.1 Å². The van der Waals surface area contributed by atoms with Crippen molar-refractivity contribution in [2.75, 3.05) is 5.32 Å². The van der Waals surface area contributed by atoms with Crippen LogP contribution >= 0.6 is 11.6 Å². The first-order valence-corrected chi connectivity index (χ1v) is 7.52. The Labute approximate surface area is 139 Å². The summed E-state index contributed by atoms with van der Waals surface area (Å²) in [5.74, 6) is 0.189. The molecule has 5 heteroatoms. The molecule has 0 saturated carbocycles. The molecular weight excluding hydrogens is 312 g/mol. The fourth-order valence-electron chi connectivity index (χ4n) is 2.16. The smallest absolute Gasteiger partial charge is 0.277 e. The third-order valence-corrected chi connectivity index (χ3v) is 3.99. The normalized spacial score (nSPS) is 10.6. The Hall–Kier alpha value is -2.59. The second kappa shape index (κ2) is 6.26. The summed E-state index contributed by atoms with van der Waals surface area (Å²) in [6.45, 7) is 4.07. The molecule has 0 saturated heterocycles. The first kappa shape index (κ1) is 15.3. The minimum atomic E-state index is -0.364. The second-order valence-corrected chi connectivity index (χ2v) is 5.72. The number of aromatic nitrogens is 1.